The molecule has 0 bridgehead atoms. The Morgan fingerprint density at radius 3 is 2.05 bits per heavy atom. The maximum Gasteiger partial charge on any atom is 0.294 e. The predicted molar refractivity (Wildman–Crippen MR) is 76.9 cm³/mol. The lowest BCUT2D eigenvalue weighted by atomic mass is 9.90. The summed E-state index contributed by atoms with van der Waals surface area (Å²) in [5, 5.41) is 0.428. The van der Waals surface area contributed by atoms with Crippen molar-refractivity contribution in [3.63, 3.8) is 0 Å². The van der Waals surface area contributed by atoms with Crippen molar-refractivity contribution in [2.45, 2.75) is 37.0 Å². The van der Waals surface area contributed by atoms with Crippen LogP contribution in [0.5, 0.6) is 0 Å². The first-order valence-electron chi connectivity index (χ1n) is 6.36. The lowest BCUT2D eigenvalue weighted by Gasteiger charge is -2.18. The van der Waals surface area contributed by atoms with Crippen molar-refractivity contribution in [2.75, 3.05) is 6.54 Å². The van der Waals surface area contributed by atoms with E-state index in [9.17, 15) is 8.42 Å². The van der Waals surface area contributed by atoms with Crippen LogP contribution in [0.25, 0.3) is 0 Å². The normalized spacial score (nSPS) is 16.6. The average Bonchev–Trinajstić information content (AvgIpc) is 2.40. The maximum absolute atomic E-state index is 10.5. The molecular formula is C13H20ClNO3S. The zero-order valence-corrected chi connectivity index (χ0v) is 12.3. The highest BCUT2D eigenvalue weighted by atomic mass is 35.5. The summed E-state index contributed by atoms with van der Waals surface area (Å²) < 4.78 is 29.4. The Morgan fingerprint density at radius 1 is 1.16 bits per heavy atom. The maximum atomic E-state index is 10.5. The number of rotatable bonds is 2. The largest absolute Gasteiger partial charge is 0.330 e. The number of hydrogen-bond acceptors (Lipinski definition) is 3. The Kier molecular flexibility index (Phi) is 6.79. The van der Waals surface area contributed by atoms with Crippen molar-refractivity contribution < 1.29 is 13.0 Å². The molecular weight excluding hydrogens is 286 g/mol. The van der Waals surface area contributed by atoms with Crippen LogP contribution in [-0.4, -0.2) is 19.5 Å². The molecule has 0 aromatic heterocycles. The molecule has 0 heterocycles. The molecule has 1 aliphatic rings. The second kappa shape index (κ2) is 7.85. The van der Waals surface area contributed by atoms with E-state index in [2.05, 4.69) is 0 Å². The quantitative estimate of drug-likeness (QED) is 0.823. The van der Waals surface area contributed by atoms with Crippen LogP contribution in [0, 0.1) is 5.92 Å². The minimum absolute atomic E-state index is 0.151. The molecule has 3 N–H and O–H groups in total. The van der Waals surface area contributed by atoms with Crippen LogP contribution in [0.15, 0.2) is 29.2 Å². The van der Waals surface area contributed by atoms with Crippen LogP contribution in [0.3, 0.4) is 0 Å². The Balaban J connectivity index is 0.000000200. The Bertz CT molecular complexity index is 467. The van der Waals surface area contributed by atoms with Gasteiger partial charge in [-0.3, -0.25) is 4.55 Å². The second-order valence-corrected chi connectivity index (χ2v) is 6.53. The monoisotopic (exact) mass is 305 g/mol. The third-order valence-electron chi connectivity index (χ3n) is 3.17. The molecule has 1 fully saturated rings. The zero-order valence-electron chi connectivity index (χ0n) is 10.8. The first-order chi connectivity index (χ1) is 8.93. The lowest BCUT2D eigenvalue weighted by molar-refractivity contribution is 0.366. The summed E-state index contributed by atoms with van der Waals surface area (Å²) in [5.41, 5.74) is 5.50. The highest BCUT2D eigenvalue weighted by Gasteiger charge is 2.10. The van der Waals surface area contributed by atoms with E-state index in [4.69, 9.17) is 21.9 Å². The van der Waals surface area contributed by atoms with Gasteiger partial charge in [-0.2, -0.15) is 8.42 Å². The summed E-state index contributed by atoms with van der Waals surface area (Å²) in [6, 6.07) is 5.25. The minimum atomic E-state index is -4.08. The smallest absolute Gasteiger partial charge is 0.294 e. The van der Waals surface area contributed by atoms with Crippen LogP contribution in [0.4, 0.5) is 0 Å². The fourth-order valence-corrected chi connectivity index (χ4v) is 2.64. The number of nitrogens with two attached hydrogens (primary N) is 1. The number of benzene rings is 1. The zero-order chi connectivity index (χ0) is 14.3. The van der Waals surface area contributed by atoms with Crippen LogP contribution in [0.2, 0.25) is 5.02 Å². The van der Waals surface area contributed by atoms with E-state index >= 15 is 0 Å². The van der Waals surface area contributed by atoms with Crippen LogP contribution in [0.1, 0.15) is 32.1 Å². The van der Waals surface area contributed by atoms with Gasteiger partial charge in [0.1, 0.15) is 0 Å². The van der Waals surface area contributed by atoms with Gasteiger partial charge in [0.25, 0.3) is 10.1 Å². The molecule has 1 aromatic carbocycles. The van der Waals surface area contributed by atoms with Gasteiger partial charge in [-0.25, -0.2) is 0 Å². The highest BCUT2D eigenvalue weighted by molar-refractivity contribution is 7.85. The molecule has 0 radical (unpaired) electrons. The van der Waals surface area contributed by atoms with E-state index in [1.807, 2.05) is 0 Å². The van der Waals surface area contributed by atoms with Gasteiger partial charge in [0.05, 0.1) is 4.90 Å². The van der Waals surface area contributed by atoms with Gasteiger partial charge in [0.15, 0.2) is 0 Å². The number of halogens is 1. The van der Waals surface area contributed by atoms with Gasteiger partial charge in [-0.1, -0.05) is 30.9 Å². The summed E-state index contributed by atoms with van der Waals surface area (Å²) in [6.45, 7) is 0.917. The molecule has 0 saturated heterocycles. The molecule has 0 spiro atoms. The molecule has 0 atom stereocenters. The van der Waals surface area contributed by atoms with E-state index in [0.29, 0.717) is 5.02 Å². The van der Waals surface area contributed by atoms with Gasteiger partial charge < -0.3 is 5.73 Å². The average molecular weight is 306 g/mol. The molecule has 0 unspecified atom stereocenters. The van der Waals surface area contributed by atoms with E-state index < -0.39 is 10.1 Å². The summed E-state index contributed by atoms with van der Waals surface area (Å²) >= 11 is 5.49. The van der Waals surface area contributed by atoms with Crippen LogP contribution >= 0.6 is 11.6 Å². The summed E-state index contributed by atoms with van der Waals surface area (Å²) in [5.74, 6) is 0.865. The van der Waals surface area contributed by atoms with E-state index in [1.54, 1.807) is 0 Å². The summed E-state index contributed by atoms with van der Waals surface area (Å²) in [7, 11) is -4.08. The third-order valence-corrected chi connectivity index (χ3v) is 4.29. The molecule has 0 amide bonds. The number of hydrogen-bond donors (Lipinski definition) is 2. The molecule has 0 aliphatic heterocycles. The lowest BCUT2D eigenvalue weighted by Crippen LogP contribution is -2.16. The van der Waals surface area contributed by atoms with Gasteiger partial charge in [-0.05, 0) is 49.6 Å². The molecule has 4 nitrogen and oxygen atoms in total. The SMILES string of the molecule is NCC1CCCCC1.O=S(=O)(O)c1ccc(Cl)cc1. The summed E-state index contributed by atoms with van der Waals surface area (Å²) in [6.07, 6.45) is 7.05. The van der Waals surface area contributed by atoms with Gasteiger partial charge >= 0.3 is 0 Å². The third kappa shape index (κ3) is 6.38. The van der Waals surface area contributed by atoms with E-state index in [-0.39, 0.29) is 4.90 Å². The Labute approximate surface area is 119 Å². The second-order valence-electron chi connectivity index (χ2n) is 4.67. The predicted octanol–water partition coefficient (Wildman–Crippen LogP) is 3.11. The minimum Gasteiger partial charge on any atom is -0.330 e. The summed E-state index contributed by atoms with van der Waals surface area (Å²) in [4.78, 5) is -0.151. The molecule has 1 saturated carbocycles. The first kappa shape index (κ1) is 16.4. The fourth-order valence-electron chi connectivity index (χ4n) is 2.03. The first-order valence-corrected chi connectivity index (χ1v) is 8.18. The highest BCUT2D eigenvalue weighted by Crippen LogP contribution is 2.21. The molecule has 19 heavy (non-hydrogen) atoms. The topological polar surface area (TPSA) is 80.4 Å². The molecule has 6 heteroatoms. The van der Waals surface area contributed by atoms with Crippen LogP contribution in [-0.2, 0) is 10.1 Å². The van der Waals surface area contributed by atoms with Gasteiger partial charge in [0.2, 0.25) is 0 Å². The van der Waals surface area contributed by atoms with Crippen molar-refractivity contribution in [2.24, 2.45) is 11.7 Å². The van der Waals surface area contributed by atoms with Crippen molar-refractivity contribution in [1.29, 1.82) is 0 Å². The Hall–Kier alpha value is -0.620. The molecule has 2 rings (SSSR count). The van der Waals surface area contributed by atoms with E-state index in [0.717, 1.165) is 12.5 Å². The molecule has 1 aromatic rings. The Morgan fingerprint density at radius 2 is 1.68 bits per heavy atom. The van der Waals surface area contributed by atoms with Crippen molar-refractivity contribution in [1.82, 2.24) is 0 Å². The van der Waals surface area contributed by atoms with Crippen molar-refractivity contribution >= 4 is 21.7 Å². The van der Waals surface area contributed by atoms with Gasteiger partial charge in [0, 0.05) is 5.02 Å². The van der Waals surface area contributed by atoms with Gasteiger partial charge in [-0.15, -0.1) is 0 Å². The van der Waals surface area contributed by atoms with Crippen molar-refractivity contribution in [3.05, 3.63) is 29.3 Å². The molecule has 1 aliphatic carbocycles. The standard InChI is InChI=1S/C7H15N.C6H5ClO3S/c8-6-7-4-2-1-3-5-7;7-5-1-3-6(4-2-5)11(8,9)10/h7H,1-6,8H2;1-4H,(H,8,9,10). The molecule has 108 valence electrons. The fraction of sp³-hybridized carbons (Fsp3) is 0.538. The van der Waals surface area contributed by atoms with Crippen molar-refractivity contribution in [3.8, 4) is 0 Å². The van der Waals surface area contributed by atoms with E-state index in [1.165, 1.54) is 56.4 Å². The van der Waals surface area contributed by atoms with Crippen LogP contribution < -0.4 is 5.73 Å².